The SMILES string of the molecule is CCOC(=O)/C(=C\c1ccc2cc(C#N)ccc2c1)c1ccc(O[C@H]2CCN(C(=O)OC(C)(C)C)C2)cc1. The van der Waals surface area contributed by atoms with Crippen molar-refractivity contribution in [3.8, 4) is 11.8 Å². The number of nitrogens with zero attached hydrogens (tertiary/aromatic N) is 2. The van der Waals surface area contributed by atoms with Gasteiger partial charge in [0.2, 0.25) is 0 Å². The molecule has 1 atom stereocenters. The van der Waals surface area contributed by atoms with E-state index >= 15 is 0 Å². The van der Waals surface area contributed by atoms with Crippen LogP contribution in [-0.2, 0) is 14.3 Å². The number of nitriles is 1. The van der Waals surface area contributed by atoms with E-state index in [-0.39, 0.29) is 18.8 Å². The minimum atomic E-state index is -0.538. The highest BCUT2D eigenvalue weighted by atomic mass is 16.6. The monoisotopic (exact) mass is 512 g/mol. The van der Waals surface area contributed by atoms with Gasteiger partial charge in [-0.2, -0.15) is 5.26 Å². The smallest absolute Gasteiger partial charge is 0.410 e. The number of hydrogen-bond acceptors (Lipinski definition) is 6. The van der Waals surface area contributed by atoms with Crippen molar-refractivity contribution < 1.29 is 23.8 Å². The molecule has 0 unspecified atom stereocenters. The second kappa shape index (κ2) is 11.4. The van der Waals surface area contributed by atoms with Gasteiger partial charge in [0.25, 0.3) is 0 Å². The molecular weight excluding hydrogens is 480 g/mol. The molecule has 7 heteroatoms. The Hall–Kier alpha value is -4.31. The van der Waals surface area contributed by atoms with Crippen molar-refractivity contribution in [1.82, 2.24) is 4.90 Å². The van der Waals surface area contributed by atoms with Crippen LogP contribution in [0.25, 0.3) is 22.4 Å². The van der Waals surface area contributed by atoms with E-state index in [2.05, 4.69) is 6.07 Å². The van der Waals surface area contributed by atoms with Crippen LogP contribution in [-0.4, -0.2) is 48.4 Å². The molecule has 1 aliphatic rings. The number of esters is 1. The first-order chi connectivity index (χ1) is 18.1. The van der Waals surface area contributed by atoms with Crippen molar-refractivity contribution >= 4 is 34.5 Å². The molecule has 3 aromatic carbocycles. The van der Waals surface area contributed by atoms with Gasteiger partial charge in [0.1, 0.15) is 17.5 Å². The summed E-state index contributed by atoms with van der Waals surface area (Å²) in [6.07, 6.45) is 2.06. The Morgan fingerprint density at radius 2 is 1.76 bits per heavy atom. The Labute approximate surface area is 223 Å². The molecule has 196 valence electrons. The summed E-state index contributed by atoms with van der Waals surface area (Å²) in [5.74, 6) is 0.247. The zero-order valence-corrected chi connectivity index (χ0v) is 22.2. The number of hydrogen-bond donors (Lipinski definition) is 0. The van der Waals surface area contributed by atoms with E-state index in [4.69, 9.17) is 19.5 Å². The zero-order chi connectivity index (χ0) is 27.3. The van der Waals surface area contributed by atoms with Gasteiger partial charge in [-0.25, -0.2) is 9.59 Å². The van der Waals surface area contributed by atoms with Gasteiger partial charge in [0, 0.05) is 13.0 Å². The van der Waals surface area contributed by atoms with Gasteiger partial charge in [-0.15, -0.1) is 0 Å². The molecule has 0 aromatic heterocycles. The van der Waals surface area contributed by atoms with Crippen LogP contribution in [0.2, 0.25) is 0 Å². The lowest BCUT2D eigenvalue weighted by Gasteiger charge is -2.24. The number of carbonyl (C=O) groups excluding carboxylic acids is 2. The molecule has 0 radical (unpaired) electrons. The summed E-state index contributed by atoms with van der Waals surface area (Å²) in [5.41, 5.74) is 2.05. The topological polar surface area (TPSA) is 88.9 Å². The van der Waals surface area contributed by atoms with Crippen LogP contribution >= 0.6 is 0 Å². The highest BCUT2D eigenvalue weighted by Crippen LogP contribution is 2.27. The molecule has 1 amide bonds. The van der Waals surface area contributed by atoms with Crippen LogP contribution in [0.1, 0.15) is 50.8 Å². The standard InChI is InChI=1S/C31H32N2O5/c1-5-36-29(34)28(18-21-6-8-25-17-22(19-32)7-9-24(25)16-21)23-10-12-26(13-11-23)37-27-14-15-33(20-27)30(35)38-31(2,3)4/h6-13,16-18,27H,5,14-15,20H2,1-4H3/b28-18-/t27-/m0/s1. The molecule has 0 bridgehead atoms. The highest BCUT2D eigenvalue weighted by molar-refractivity contribution is 6.21. The maximum absolute atomic E-state index is 12.9. The Bertz CT molecular complexity index is 1400. The van der Waals surface area contributed by atoms with Crippen molar-refractivity contribution in [1.29, 1.82) is 5.26 Å². The molecule has 38 heavy (non-hydrogen) atoms. The molecule has 4 rings (SSSR count). The lowest BCUT2D eigenvalue weighted by Crippen LogP contribution is -2.36. The van der Waals surface area contributed by atoms with Gasteiger partial charge in [-0.05, 0) is 86.0 Å². The summed E-state index contributed by atoms with van der Waals surface area (Å²) in [5, 5.41) is 11.1. The maximum atomic E-state index is 12.9. The summed E-state index contributed by atoms with van der Waals surface area (Å²) in [4.78, 5) is 26.8. The van der Waals surface area contributed by atoms with Crippen LogP contribution in [0.5, 0.6) is 5.75 Å². The van der Waals surface area contributed by atoms with E-state index < -0.39 is 11.6 Å². The van der Waals surface area contributed by atoms with Crippen molar-refractivity contribution in [2.75, 3.05) is 19.7 Å². The predicted octanol–water partition coefficient (Wildman–Crippen LogP) is 6.20. The van der Waals surface area contributed by atoms with Crippen LogP contribution in [0.15, 0.2) is 60.7 Å². The third-order valence-electron chi connectivity index (χ3n) is 6.06. The average molecular weight is 513 g/mol. The van der Waals surface area contributed by atoms with Crippen LogP contribution in [0.4, 0.5) is 4.79 Å². The fourth-order valence-electron chi connectivity index (χ4n) is 4.28. The summed E-state index contributed by atoms with van der Waals surface area (Å²) >= 11 is 0. The fraction of sp³-hybridized carbons (Fsp3) is 0.323. The average Bonchev–Trinajstić information content (AvgIpc) is 3.35. The third-order valence-corrected chi connectivity index (χ3v) is 6.06. The normalized spacial score (nSPS) is 15.7. The van der Waals surface area contributed by atoms with Crippen LogP contribution < -0.4 is 4.74 Å². The molecule has 1 saturated heterocycles. The van der Waals surface area contributed by atoms with Crippen molar-refractivity contribution in [2.24, 2.45) is 0 Å². The number of carbonyl (C=O) groups is 2. The molecule has 3 aromatic rings. The first-order valence-corrected chi connectivity index (χ1v) is 12.7. The predicted molar refractivity (Wildman–Crippen MR) is 146 cm³/mol. The van der Waals surface area contributed by atoms with Crippen LogP contribution in [0.3, 0.4) is 0 Å². The Kier molecular flexibility index (Phi) is 8.02. The second-order valence-corrected chi connectivity index (χ2v) is 10.2. The highest BCUT2D eigenvalue weighted by Gasteiger charge is 2.31. The number of amides is 1. The van der Waals surface area contributed by atoms with E-state index in [1.165, 1.54) is 0 Å². The summed E-state index contributed by atoms with van der Waals surface area (Å²) in [6, 6.07) is 20.8. The molecule has 0 saturated carbocycles. The quantitative estimate of drug-likeness (QED) is 0.222. The summed E-state index contributed by atoms with van der Waals surface area (Å²) < 4.78 is 16.9. The zero-order valence-electron chi connectivity index (χ0n) is 22.2. The molecule has 1 heterocycles. The number of ether oxygens (including phenoxy) is 3. The molecule has 1 fully saturated rings. The second-order valence-electron chi connectivity index (χ2n) is 10.2. The first-order valence-electron chi connectivity index (χ1n) is 12.7. The maximum Gasteiger partial charge on any atom is 0.410 e. The number of benzene rings is 3. The lowest BCUT2D eigenvalue weighted by molar-refractivity contribution is -0.136. The molecule has 0 N–H and O–H groups in total. The van der Waals surface area contributed by atoms with Gasteiger partial charge in [-0.3, -0.25) is 0 Å². The molecule has 1 aliphatic heterocycles. The first kappa shape index (κ1) is 26.7. The molecule has 7 nitrogen and oxygen atoms in total. The van der Waals surface area contributed by atoms with Crippen LogP contribution in [0, 0.1) is 11.3 Å². The van der Waals surface area contributed by atoms with E-state index in [9.17, 15) is 9.59 Å². The number of rotatable bonds is 6. The Morgan fingerprint density at radius 3 is 2.45 bits per heavy atom. The summed E-state index contributed by atoms with van der Waals surface area (Å²) in [6.45, 7) is 8.63. The van der Waals surface area contributed by atoms with E-state index in [0.717, 1.165) is 16.3 Å². The van der Waals surface area contributed by atoms with Gasteiger partial charge >= 0.3 is 12.1 Å². The van der Waals surface area contributed by atoms with E-state index in [1.807, 2.05) is 75.4 Å². The number of likely N-dealkylation sites (tertiary alicyclic amines) is 1. The minimum absolute atomic E-state index is 0.132. The fourth-order valence-corrected chi connectivity index (χ4v) is 4.28. The van der Waals surface area contributed by atoms with Gasteiger partial charge in [-0.1, -0.05) is 30.3 Å². The Morgan fingerprint density at radius 1 is 1.05 bits per heavy atom. The minimum Gasteiger partial charge on any atom is -0.489 e. The lowest BCUT2D eigenvalue weighted by atomic mass is 10.00. The van der Waals surface area contributed by atoms with E-state index in [1.54, 1.807) is 24.0 Å². The van der Waals surface area contributed by atoms with Crippen molar-refractivity contribution in [3.63, 3.8) is 0 Å². The van der Waals surface area contributed by atoms with Crippen molar-refractivity contribution in [3.05, 3.63) is 77.4 Å². The largest absolute Gasteiger partial charge is 0.489 e. The molecule has 0 aliphatic carbocycles. The van der Waals surface area contributed by atoms with Gasteiger partial charge in [0.05, 0.1) is 30.4 Å². The van der Waals surface area contributed by atoms with E-state index in [0.29, 0.717) is 42.0 Å². The van der Waals surface area contributed by atoms with Crippen molar-refractivity contribution in [2.45, 2.75) is 45.8 Å². The molecular formula is C31H32N2O5. The van der Waals surface area contributed by atoms with Gasteiger partial charge < -0.3 is 19.1 Å². The number of fused-ring (bicyclic) bond motifs is 1. The summed E-state index contributed by atoms with van der Waals surface area (Å²) in [7, 11) is 0. The third kappa shape index (κ3) is 6.71. The molecule has 0 spiro atoms. The van der Waals surface area contributed by atoms with Gasteiger partial charge in [0.15, 0.2) is 0 Å². The Balaban J connectivity index is 1.50.